The van der Waals surface area contributed by atoms with E-state index < -0.39 is 4.92 Å². The van der Waals surface area contributed by atoms with Crippen LogP contribution in [-0.4, -0.2) is 56.5 Å². The van der Waals surface area contributed by atoms with Crippen LogP contribution in [0.4, 0.5) is 11.4 Å². The first-order chi connectivity index (χ1) is 13.0. The number of benzene rings is 1. The Morgan fingerprint density at radius 1 is 1.44 bits per heavy atom. The fraction of sp³-hybridized carbons (Fsp3) is 0.556. The van der Waals surface area contributed by atoms with Crippen molar-refractivity contribution >= 4 is 23.5 Å². The van der Waals surface area contributed by atoms with Gasteiger partial charge in [-0.1, -0.05) is 25.1 Å². The van der Waals surface area contributed by atoms with Crippen LogP contribution in [-0.2, 0) is 14.4 Å². The highest BCUT2D eigenvalue weighted by molar-refractivity contribution is 5.83. The maximum Gasteiger partial charge on any atom is 0.293 e. The number of morpholine rings is 1. The highest BCUT2D eigenvalue weighted by atomic mass is 16.6. The highest BCUT2D eigenvalue weighted by Crippen LogP contribution is 2.29. The molecule has 0 aromatic heterocycles. The van der Waals surface area contributed by atoms with Crippen molar-refractivity contribution in [3.63, 3.8) is 0 Å². The summed E-state index contributed by atoms with van der Waals surface area (Å²) in [7, 11) is 0. The quantitative estimate of drug-likeness (QED) is 0.400. The molecule has 0 aliphatic carbocycles. The number of hydrogen-bond acceptors (Lipinski definition) is 7. The van der Waals surface area contributed by atoms with E-state index in [1.54, 1.807) is 12.1 Å². The molecule has 1 aromatic rings. The maximum atomic E-state index is 11.6. The van der Waals surface area contributed by atoms with E-state index in [1.807, 2.05) is 4.90 Å². The van der Waals surface area contributed by atoms with Crippen molar-refractivity contribution in [3.05, 3.63) is 33.9 Å². The van der Waals surface area contributed by atoms with Gasteiger partial charge in [0, 0.05) is 31.3 Å². The van der Waals surface area contributed by atoms with Crippen LogP contribution in [0.25, 0.3) is 0 Å². The second-order valence-electron chi connectivity index (χ2n) is 6.65. The summed E-state index contributed by atoms with van der Waals surface area (Å²) >= 11 is 0. The molecular formula is C18H26N4O5. The summed E-state index contributed by atoms with van der Waals surface area (Å²) < 4.78 is 5.28. The zero-order valence-electron chi connectivity index (χ0n) is 15.7. The Kier molecular flexibility index (Phi) is 8.00. The van der Waals surface area contributed by atoms with Gasteiger partial charge in [0.25, 0.3) is 11.6 Å². The molecule has 1 fully saturated rings. The van der Waals surface area contributed by atoms with E-state index in [4.69, 9.17) is 9.57 Å². The van der Waals surface area contributed by atoms with E-state index >= 15 is 0 Å². The average Bonchev–Trinajstić information content (AvgIpc) is 2.65. The zero-order valence-corrected chi connectivity index (χ0v) is 15.7. The number of nitro benzene ring substituents is 1. The molecule has 0 bridgehead atoms. The molecule has 9 heteroatoms. The third kappa shape index (κ3) is 6.86. The minimum atomic E-state index is -0.412. The van der Waals surface area contributed by atoms with Crippen molar-refractivity contribution in [2.24, 2.45) is 11.1 Å². The smallest absolute Gasteiger partial charge is 0.293 e. The van der Waals surface area contributed by atoms with E-state index in [9.17, 15) is 14.9 Å². The van der Waals surface area contributed by atoms with Gasteiger partial charge in [-0.2, -0.15) is 0 Å². The van der Waals surface area contributed by atoms with Crippen LogP contribution in [0, 0.1) is 16.0 Å². The van der Waals surface area contributed by atoms with Crippen LogP contribution in [0.1, 0.15) is 25.8 Å². The third-order valence-corrected chi connectivity index (χ3v) is 4.06. The third-order valence-electron chi connectivity index (χ3n) is 4.06. The molecule has 148 valence electrons. The molecule has 1 saturated heterocycles. The van der Waals surface area contributed by atoms with E-state index in [1.165, 1.54) is 12.3 Å². The summed E-state index contributed by atoms with van der Waals surface area (Å²) in [5.74, 6) is 0.266. The summed E-state index contributed by atoms with van der Waals surface area (Å²) in [5.41, 5.74) is 1.09. The van der Waals surface area contributed by atoms with Gasteiger partial charge >= 0.3 is 0 Å². The van der Waals surface area contributed by atoms with Crippen LogP contribution < -0.4 is 10.2 Å². The molecule has 2 rings (SSSR count). The number of nitrogens with zero attached hydrogens (tertiary/aromatic N) is 3. The minimum Gasteiger partial charge on any atom is -0.386 e. The Hall–Kier alpha value is -2.68. The van der Waals surface area contributed by atoms with Gasteiger partial charge in [0.1, 0.15) is 5.69 Å². The predicted molar refractivity (Wildman–Crippen MR) is 102 cm³/mol. The molecule has 1 heterocycles. The number of rotatable bonds is 9. The van der Waals surface area contributed by atoms with Gasteiger partial charge in [0.2, 0.25) is 0 Å². The molecule has 0 spiro atoms. The van der Waals surface area contributed by atoms with E-state index in [0.717, 1.165) is 6.42 Å². The van der Waals surface area contributed by atoms with Crippen LogP contribution in [0.3, 0.4) is 0 Å². The maximum absolute atomic E-state index is 11.6. The van der Waals surface area contributed by atoms with Crippen LogP contribution in [0.2, 0.25) is 0 Å². The molecule has 1 N–H and O–H groups in total. The minimum absolute atomic E-state index is 0.00674. The number of oxime groups is 1. The molecule has 1 aliphatic rings. The van der Waals surface area contributed by atoms with Gasteiger partial charge in [-0.15, -0.1) is 0 Å². The van der Waals surface area contributed by atoms with E-state index in [-0.39, 0.29) is 18.2 Å². The topological polar surface area (TPSA) is 106 Å². The number of amides is 1. The van der Waals surface area contributed by atoms with Crippen molar-refractivity contribution in [1.29, 1.82) is 0 Å². The molecular weight excluding hydrogens is 352 g/mol. The number of nitro groups is 1. The average molecular weight is 378 g/mol. The predicted octanol–water partition coefficient (Wildman–Crippen LogP) is 1.94. The monoisotopic (exact) mass is 378 g/mol. The Labute approximate surface area is 158 Å². The second-order valence-corrected chi connectivity index (χ2v) is 6.65. The first-order valence-corrected chi connectivity index (χ1v) is 9.00. The lowest BCUT2D eigenvalue weighted by Crippen LogP contribution is -2.36. The van der Waals surface area contributed by atoms with E-state index in [2.05, 4.69) is 24.3 Å². The number of nitrogens with one attached hydrogen (secondary N) is 1. The second kappa shape index (κ2) is 10.5. The van der Waals surface area contributed by atoms with Crippen molar-refractivity contribution in [2.75, 3.05) is 44.4 Å². The van der Waals surface area contributed by atoms with Crippen LogP contribution >= 0.6 is 0 Å². The Morgan fingerprint density at radius 2 is 2.19 bits per heavy atom. The van der Waals surface area contributed by atoms with Crippen molar-refractivity contribution < 1.29 is 19.3 Å². The number of anilines is 1. The van der Waals surface area contributed by atoms with E-state index in [0.29, 0.717) is 50.0 Å². The lowest BCUT2D eigenvalue weighted by atomic mass is 10.1. The molecule has 0 atom stereocenters. The van der Waals surface area contributed by atoms with Crippen LogP contribution in [0.5, 0.6) is 0 Å². The molecule has 9 nitrogen and oxygen atoms in total. The highest BCUT2D eigenvalue weighted by Gasteiger charge is 2.21. The Morgan fingerprint density at radius 3 is 2.85 bits per heavy atom. The van der Waals surface area contributed by atoms with Crippen molar-refractivity contribution in [3.8, 4) is 0 Å². The summed E-state index contributed by atoms with van der Waals surface area (Å²) in [6.45, 7) is 6.89. The zero-order chi connectivity index (χ0) is 19.6. The molecule has 27 heavy (non-hydrogen) atoms. The van der Waals surface area contributed by atoms with Gasteiger partial charge in [0.15, 0.2) is 6.61 Å². The molecule has 1 aromatic carbocycles. The van der Waals surface area contributed by atoms with Gasteiger partial charge in [-0.25, -0.2) is 0 Å². The summed E-state index contributed by atoms with van der Waals surface area (Å²) in [6.07, 6.45) is 2.26. The standard InChI is InChI=1S/C18H26N4O5/c1-14(2)5-6-19-18(23)13-27-20-12-15-3-4-16(17(11-15)22(24)25)21-7-9-26-10-8-21/h3-4,11-12,14H,5-10,13H2,1-2H3,(H,19,23)/b20-12-. The first-order valence-electron chi connectivity index (χ1n) is 9.00. The largest absolute Gasteiger partial charge is 0.386 e. The lowest BCUT2D eigenvalue weighted by Gasteiger charge is -2.28. The van der Waals surface area contributed by atoms with Crippen molar-refractivity contribution in [1.82, 2.24) is 5.32 Å². The summed E-state index contributed by atoms with van der Waals surface area (Å²) in [5, 5.41) is 17.9. The normalized spacial score (nSPS) is 14.6. The summed E-state index contributed by atoms with van der Waals surface area (Å²) in [6, 6.07) is 4.87. The number of carbonyl (C=O) groups excluding carboxylic acids is 1. The lowest BCUT2D eigenvalue weighted by molar-refractivity contribution is -0.384. The molecule has 0 unspecified atom stereocenters. The van der Waals surface area contributed by atoms with Gasteiger partial charge in [-0.3, -0.25) is 14.9 Å². The first kappa shape index (κ1) is 20.6. The summed E-state index contributed by atoms with van der Waals surface area (Å²) in [4.78, 5) is 29.5. The van der Waals surface area contributed by atoms with Gasteiger partial charge < -0.3 is 19.8 Å². The molecule has 0 radical (unpaired) electrons. The number of ether oxygens (including phenoxy) is 1. The fourth-order valence-electron chi connectivity index (χ4n) is 2.58. The van der Waals surface area contributed by atoms with Crippen molar-refractivity contribution in [2.45, 2.75) is 20.3 Å². The van der Waals surface area contributed by atoms with Crippen LogP contribution in [0.15, 0.2) is 23.4 Å². The Bertz CT molecular complexity index is 672. The number of hydrogen-bond donors (Lipinski definition) is 1. The molecule has 1 amide bonds. The Balaban J connectivity index is 1.90. The van der Waals surface area contributed by atoms with Gasteiger partial charge in [-0.05, 0) is 18.4 Å². The van der Waals surface area contributed by atoms with Gasteiger partial charge in [0.05, 0.1) is 24.4 Å². The SMILES string of the molecule is CC(C)CCNC(=O)CO/N=C\c1ccc(N2CCOCC2)c([N+](=O)[O-])c1. The molecule has 0 saturated carbocycles. The molecule has 1 aliphatic heterocycles. The fourth-order valence-corrected chi connectivity index (χ4v) is 2.58. The number of carbonyl (C=O) groups is 1.